The van der Waals surface area contributed by atoms with Gasteiger partial charge < -0.3 is 51.9 Å². The molecule has 0 spiro atoms. The van der Waals surface area contributed by atoms with Crippen LogP contribution >= 0.6 is 7.60 Å². The van der Waals surface area contributed by atoms with Crippen LogP contribution in [0.5, 0.6) is 0 Å². The standard InChI is InChI=1S/C56H57O16P/c1-61-38-66-56-51(65-35-41-25-13-5-14-26-41)47(64-34-40-23-11-4-12-24-40)46(36-63-33-39-21-9-3-10-22-39)72-73(56,60)67-37-45-48(69-52(57)42-27-15-6-16-28-42)49(70-53(58)43-29-17-7-18-30-43)50(55(62-2)68-45)71-54(59)44-31-19-8-20-32-44/h3-32,45-51,55-56H,33-38H2,1-2H3/t45-,46-,47-,48-,49+,50-,51+,55+,56+,73+/m1/s1. The van der Waals surface area contributed by atoms with Gasteiger partial charge in [0.1, 0.15) is 31.2 Å². The van der Waals surface area contributed by atoms with Crippen molar-refractivity contribution < 1.29 is 75.4 Å². The van der Waals surface area contributed by atoms with Crippen molar-refractivity contribution >= 4 is 25.5 Å². The van der Waals surface area contributed by atoms with E-state index in [1.165, 1.54) is 38.5 Å². The summed E-state index contributed by atoms with van der Waals surface area (Å²) in [6, 6.07) is 52.7. The Morgan fingerprint density at radius 2 is 0.890 bits per heavy atom. The summed E-state index contributed by atoms with van der Waals surface area (Å²) < 4.78 is 91.0. The number of rotatable bonds is 23. The molecule has 2 aliphatic heterocycles. The Bertz CT molecular complexity index is 2670. The molecule has 17 heteroatoms. The van der Waals surface area contributed by atoms with E-state index in [0.29, 0.717) is 0 Å². The molecule has 73 heavy (non-hydrogen) atoms. The molecular formula is C56H57O16P. The van der Waals surface area contributed by atoms with Crippen LogP contribution in [0.4, 0.5) is 0 Å². The van der Waals surface area contributed by atoms with E-state index in [2.05, 4.69) is 0 Å². The summed E-state index contributed by atoms with van der Waals surface area (Å²) in [4.78, 5) is 42.0. The third-order valence-electron chi connectivity index (χ3n) is 11.9. The number of carbonyl (C=O) groups is 3. The van der Waals surface area contributed by atoms with Crippen LogP contribution in [0, 0.1) is 0 Å². The van der Waals surface area contributed by atoms with Crippen LogP contribution in [0.2, 0.25) is 0 Å². The van der Waals surface area contributed by atoms with E-state index >= 15 is 4.57 Å². The number of ether oxygens (including phenoxy) is 10. The molecule has 0 radical (unpaired) electrons. The van der Waals surface area contributed by atoms with Gasteiger partial charge in [-0.1, -0.05) is 146 Å². The van der Waals surface area contributed by atoms with E-state index in [-0.39, 0.29) is 49.9 Å². The van der Waals surface area contributed by atoms with Gasteiger partial charge in [0.25, 0.3) is 0 Å². The molecule has 0 bridgehead atoms. The fourth-order valence-corrected chi connectivity index (χ4v) is 10.4. The molecule has 382 valence electrons. The predicted molar refractivity (Wildman–Crippen MR) is 264 cm³/mol. The summed E-state index contributed by atoms with van der Waals surface area (Å²) in [7, 11) is -1.96. The molecule has 2 aliphatic rings. The Hall–Kier alpha value is -6.40. The Labute approximate surface area is 423 Å². The maximum atomic E-state index is 15.9. The molecule has 8 rings (SSSR count). The lowest BCUT2D eigenvalue weighted by atomic mass is 9.97. The van der Waals surface area contributed by atoms with E-state index < -0.39 is 87.0 Å². The molecule has 6 aromatic carbocycles. The maximum absolute atomic E-state index is 15.9. The van der Waals surface area contributed by atoms with Crippen LogP contribution in [-0.4, -0.2) is 107 Å². The molecule has 2 fully saturated rings. The van der Waals surface area contributed by atoms with E-state index in [0.717, 1.165) is 16.7 Å². The van der Waals surface area contributed by atoms with Gasteiger partial charge in [-0.2, -0.15) is 0 Å². The number of hydrogen-bond donors (Lipinski definition) is 0. The van der Waals surface area contributed by atoms with E-state index in [1.54, 1.807) is 66.7 Å². The second kappa shape index (κ2) is 26.5. The molecule has 6 aromatic rings. The van der Waals surface area contributed by atoms with Crippen LogP contribution in [0.3, 0.4) is 0 Å². The summed E-state index contributed by atoms with van der Waals surface area (Å²) in [5, 5.41) is 0. The number of hydrogen-bond acceptors (Lipinski definition) is 16. The normalized spacial score (nSPS) is 24.8. The third-order valence-corrected chi connectivity index (χ3v) is 14.0. The average Bonchev–Trinajstić information content (AvgIpc) is 3.44. The lowest BCUT2D eigenvalue weighted by molar-refractivity contribution is -0.291. The first-order valence-corrected chi connectivity index (χ1v) is 25.3. The van der Waals surface area contributed by atoms with Crippen molar-refractivity contribution in [2.75, 3.05) is 34.2 Å². The quantitative estimate of drug-likeness (QED) is 0.0257. The maximum Gasteiger partial charge on any atom is 0.362 e. The molecule has 0 aliphatic carbocycles. The highest BCUT2D eigenvalue weighted by atomic mass is 31.2. The van der Waals surface area contributed by atoms with Gasteiger partial charge in [0.15, 0.2) is 30.4 Å². The van der Waals surface area contributed by atoms with Crippen molar-refractivity contribution in [1.29, 1.82) is 0 Å². The fourth-order valence-electron chi connectivity index (χ4n) is 8.27. The topological polar surface area (TPSA) is 179 Å². The number of benzene rings is 6. The smallest absolute Gasteiger partial charge is 0.362 e. The summed E-state index contributed by atoms with van der Waals surface area (Å²) in [5.74, 6) is -4.03. The molecule has 0 saturated carbocycles. The van der Waals surface area contributed by atoms with Crippen molar-refractivity contribution in [1.82, 2.24) is 0 Å². The average molecular weight is 1020 g/mol. The lowest BCUT2D eigenvalue weighted by Gasteiger charge is -2.46. The first kappa shape index (κ1) is 52.9. The zero-order valence-corrected chi connectivity index (χ0v) is 41.1. The minimum Gasteiger partial charge on any atom is -0.452 e. The van der Waals surface area contributed by atoms with Gasteiger partial charge in [-0.05, 0) is 53.1 Å². The van der Waals surface area contributed by atoms with Crippen LogP contribution in [0.1, 0.15) is 47.8 Å². The summed E-state index contributed by atoms with van der Waals surface area (Å²) in [6.07, 6.45) is -11.0. The summed E-state index contributed by atoms with van der Waals surface area (Å²) in [6.45, 7) is -0.857. The molecule has 0 N–H and O–H groups in total. The molecule has 0 unspecified atom stereocenters. The van der Waals surface area contributed by atoms with E-state index in [1.807, 2.05) is 91.0 Å². The van der Waals surface area contributed by atoms with Crippen LogP contribution < -0.4 is 0 Å². The van der Waals surface area contributed by atoms with E-state index in [9.17, 15) is 14.4 Å². The van der Waals surface area contributed by atoms with Crippen molar-refractivity contribution in [3.8, 4) is 0 Å². The first-order valence-electron chi connectivity index (χ1n) is 23.6. The molecule has 10 atom stereocenters. The van der Waals surface area contributed by atoms with Crippen LogP contribution in [-0.2, 0) is 80.8 Å². The van der Waals surface area contributed by atoms with Crippen molar-refractivity contribution in [3.05, 3.63) is 215 Å². The first-order chi connectivity index (χ1) is 35.7. The third kappa shape index (κ3) is 14.2. The minimum atomic E-state index is -4.66. The number of carbonyl (C=O) groups excluding carboxylic acids is 3. The zero-order valence-electron chi connectivity index (χ0n) is 40.2. The van der Waals surface area contributed by atoms with Gasteiger partial charge in [-0.25, -0.2) is 14.4 Å². The van der Waals surface area contributed by atoms with Crippen LogP contribution in [0.25, 0.3) is 0 Å². The number of esters is 3. The minimum absolute atomic E-state index is 0.0391. The molecule has 16 nitrogen and oxygen atoms in total. The van der Waals surface area contributed by atoms with Crippen molar-refractivity contribution in [3.63, 3.8) is 0 Å². The monoisotopic (exact) mass is 1020 g/mol. The molecule has 2 heterocycles. The van der Waals surface area contributed by atoms with Gasteiger partial charge in [0.2, 0.25) is 0 Å². The highest BCUT2D eigenvalue weighted by Gasteiger charge is 2.58. The van der Waals surface area contributed by atoms with Gasteiger partial charge in [-0.3, -0.25) is 9.09 Å². The van der Waals surface area contributed by atoms with Crippen LogP contribution in [0.15, 0.2) is 182 Å². The highest BCUT2D eigenvalue weighted by molar-refractivity contribution is 7.54. The van der Waals surface area contributed by atoms with Gasteiger partial charge in [-0.15, -0.1) is 0 Å². The second-order valence-corrected chi connectivity index (χ2v) is 19.0. The number of methoxy groups -OCH3 is 2. The molecule has 0 aromatic heterocycles. The predicted octanol–water partition coefficient (Wildman–Crippen LogP) is 8.98. The second-order valence-electron chi connectivity index (χ2n) is 17.0. The van der Waals surface area contributed by atoms with Gasteiger partial charge in [0, 0.05) is 14.2 Å². The Kier molecular flexibility index (Phi) is 19.2. The Morgan fingerprint density at radius 3 is 1.36 bits per heavy atom. The van der Waals surface area contributed by atoms with E-state index in [4.69, 9.17) is 56.4 Å². The molecule has 2 saturated heterocycles. The summed E-state index contributed by atoms with van der Waals surface area (Å²) in [5.41, 5.74) is 2.98. The zero-order chi connectivity index (χ0) is 50.8. The van der Waals surface area contributed by atoms with Gasteiger partial charge in [0.05, 0.1) is 49.7 Å². The molecule has 0 amide bonds. The fraction of sp³-hybridized carbons (Fsp3) is 0.304. The van der Waals surface area contributed by atoms with Gasteiger partial charge >= 0.3 is 25.5 Å². The highest BCUT2D eigenvalue weighted by Crippen LogP contribution is 2.61. The lowest BCUT2D eigenvalue weighted by Crippen LogP contribution is -2.63. The molecular weight excluding hydrogens is 960 g/mol. The Morgan fingerprint density at radius 1 is 0.466 bits per heavy atom. The van der Waals surface area contributed by atoms with Crippen molar-refractivity contribution in [2.45, 2.75) is 74.7 Å². The van der Waals surface area contributed by atoms with Crippen molar-refractivity contribution in [2.24, 2.45) is 0 Å². The Balaban J connectivity index is 1.16. The summed E-state index contributed by atoms with van der Waals surface area (Å²) >= 11 is 0. The largest absolute Gasteiger partial charge is 0.452 e. The SMILES string of the molecule is COCO[C@@H]1[C@@H](OCc2ccccc2)[C@H](OCc2ccccc2)[C@@H](COCc2ccccc2)O[P@@]1(=O)OC[C@H]1O[C@H](OC)[C@H](OC(=O)c2ccccc2)[C@@H](OC(=O)c2ccccc2)[C@@H]1OC(=O)c1ccccc1.